The third-order valence-electron chi connectivity index (χ3n) is 7.68. The first-order chi connectivity index (χ1) is 19.8. The second-order valence-electron chi connectivity index (χ2n) is 10.2. The van der Waals surface area contributed by atoms with Crippen LogP contribution in [-0.4, -0.2) is 83.3 Å². The number of hydrogen-bond acceptors (Lipinski definition) is 8. The number of ether oxygens (including phenoxy) is 3. The lowest BCUT2D eigenvalue weighted by Crippen LogP contribution is -2.57. The largest absolute Gasteiger partial charge is 0.493 e. The van der Waals surface area contributed by atoms with Gasteiger partial charge in [-0.3, -0.25) is 9.59 Å². The first-order valence-corrected chi connectivity index (χ1v) is 14.2. The zero-order valence-corrected chi connectivity index (χ0v) is 23.9. The normalized spacial score (nSPS) is 24.6. The molecule has 0 aromatic heterocycles. The van der Waals surface area contributed by atoms with Crippen molar-refractivity contribution in [1.29, 1.82) is 0 Å². The van der Waals surface area contributed by atoms with Gasteiger partial charge in [-0.1, -0.05) is 29.3 Å². The number of aliphatic hydroxyl groups excluding tert-OH is 3. The van der Waals surface area contributed by atoms with Crippen molar-refractivity contribution in [2.75, 3.05) is 26.9 Å². The lowest BCUT2D eigenvalue weighted by Gasteiger charge is -2.41. The monoisotopic (exact) mass is 606 g/mol. The van der Waals surface area contributed by atoms with E-state index in [2.05, 4.69) is 5.32 Å². The van der Waals surface area contributed by atoms with E-state index >= 15 is 0 Å². The van der Waals surface area contributed by atoms with E-state index in [0.717, 1.165) is 6.42 Å². The zero-order valence-electron chi connectivity index (χ0n) is 22.4. The van der Waals surface area contributed by atoms with Crippen LogP contribution in [-0.2, 0) is 27.5 Å². The molecule has 1 fully saturated rings. The maximum atomic E-state index is 13.9. The Morgan fingerprint density at radius 2 is 1.95 bits per heavy atom. The van der Waals surface area contributed by atoms with Crippen LogP contribution in [0.4, 0.5) is 0 Å². The van der Waals surface area contributed by atoms with Crippen molar-refractivity contribution >= 4 is 35.0 Å². The van der Waals surface area contributed by atoms with Gasteiger partial charge in [-0.25, -0.2) is 0 Å². The Kier molecular flexibility index (Phi) is 9.08. The summed E-state index contributed by atoms with van der Waals surface area (Å²) in [6.07, 6.45) is -0.0626. The average molecular weight is 607 g/mol. The smallest absolute Gasteiger partial charge is 0.252 e. The van der Waals surface area contributed by atoms with Crippen LogP contribution >= 0.6 is 23.2 Å². The van der Waals surface area contributed by atoms with Crippen molar-refractivity contribution in [3.63, 3.8) is 0 Å². The summed E-state index contributed by atoms with van der Waals surface area (Å²) in [6, 6.07) is 7.39. The lowest BCUT2D eigenvalue weighted by atomic mass is 9.77. The van der Waals surface area contributed by atoms with Gasteiger partial charge >= 0.3 is 0 Å². The number of carbonyl (C=O) groups is 2. The van der Waals surface area contributed by atoms with Gasteiger partial charge in [-0.05, 0) is 54.3 Å². The first-order valence-electron chi connectivity index (χ1n) is 13.4. The summed E-state index contributed by atoms with van der Waals surface area (Å²) in [4.78, 5) is 28.8. The van der Waals surface area contributed by atoms with Gasteiger partial charge in [0.1, 0.15) is 18.3 Å². The summed E-state index contributed by atoms with van der Waals surface area (Å²) in [6.45, 7) is -0.0199. The van der Waals surface area contributed by atoms with Crippen LogP contribution in [0.5, 0.6) is 11.5 Å². The number of benzene rings is 2. The minimum absolute atomic E-state index is 0.0102. The highest BCUT2D eigenvalue weighted by atomic mass is 35.5. The molecule has 220 valence electrons. The highest BCUT2D eigenvalue weighted by Gasteiger charge is 2.52. The molecule has 0 spiro atoms. The molecule has 5 rings (SSSR count). The van der Waals surface area contributed by atoms with Gasteiger partial charge in [0.25, 0.3) is 5.91 Å². The molecule has 2 amide bonds. The van der Waals surface area contributed by atoms with Gasteiger partial charge in [0, 0.05) is 30.8 Å². The standard InChI is InChI=1S/C29H32Cl2N2O8/c1-39-23-11-16(14-35)9-17-24-18(28(37)32-6-7-34)12-21(25(36)27(24)41-26(17)23)33(29(38)22-3-2-8-40-22)13-15-4-5-19(30)20(31)10-15/h4-5,9-12,21-22,24-25,27,34-36H,2-3,6-8,13-14H2,1H3,(H,32,37)/t21-,22?,24+,25+,27+/m1/s1. The fourth-order valence-electron chi connectivity index (χ4n) is 5.74. The van der Waals surface area contributed by atoms with Gasteiger partial charge in [0.2, 0.25) is 5.91 Å². The molecule has 2 heterocycles. The summed E-state index contributed by atoms with van der Waals surface area (Å²) >= 11 is 12.4. The third-order valence-corrected chi connectivity index (χ3v) is 8.42. The van der Waals surface area contributed by atoms with Gasteiger partial charge in [0.05, 0.1) is 42.3 Å². The molecule has 2 aromatic rings. The molecule has 10 nitrogen and oxygen atoms in total. The van der Waals surface area contributed by atoms with Crippen LogP contribution in [0.1, 0.15) is 35.4 Å². The molecule has 0 bridgehead atoms. The number of amides is 2. The van der Waals surface area contributed by atoms with E-state index in [1.54, 1.807) is 36.4 Å². The SMILES string of the molecule is COc1cc(CO)cc2c1O[C@@H]1[C@@H](O)[C@H](N(Cc3ccc(Cl)c(Cl)c3)C(=O)C3CCCO3)C=C(C(=O)NCCO)[C@H]21. The van der Waals surface area contributed by atoms with Crippen molar-refractivity contribution in [1.82, 2.24) is 10.2 Å². The molecule has 0 saturated carbocycles. The van der Waals surface area contributed by atoms with Crippen molar-refractivity contribution in [2.45, 2.75) is 56.3 Å². The number of carbonyl (C=O) groups excluding carboxylic acids is 2. The van der Waals surface area contributed by atoms with E-state index in [0.29, 0.717) is 51.3 Å². The first kappa shape index (κ1) is 29.6. The molecule has 5 atom stereocenters. The molecule has 2 aromatic carbocycles. The Morgan fingerprint density at radius 3 is 2.61 bits per heavy atom. The van der Waals surface area contributed by atoms with E-state index in [4.69, 9.17) is 37.4 Å². The molecule has 1 aliphatic carbocycles. The van der Waals surface area contributed by atoms with E-state index in [1.807, 2.05) is 0 Å². The van der Waals surface area contributed by atoms with Crippen molar-refractivity contribution in [3.05, 3.63) is 68.7 Å². The van der Waals surface area contributed by atoms with Crippen molar-refractivity contribution in [2.24, 2.45) is 0 Å². The Hall–Kier alpha value is -2.86. The van der Waals surface area contributed by atoms with E-state index < -0.39 is 36.2 Å². The highest BCUT2D eigenvalue weighted by Crippen LogP contribution is 2.51. The summed E-state index contributed by atoms with van der Waals surface area (Å²) < 4.78 is 17.5. The van der Waals surface area contributed by atoms with Crippen LogP contribution in [0.15, 0.2) is 42.0 Å². The predicted molar refractivity (Wildman–Crippen MR) is 150 cm³/mol. The maximum absolute atomic E-state index is 13.9. The lowest BCUT2D eigenvalue weighted by molar-refractivity contribution is -0.147. The summed E-state index contributed by atoms with van der Waals surface area (Å²) in [5, 5.41) is 34.4. The van der Waals surface area contributed by atoms with Gasteiger partial charge < -0.3 is 39.7 Å². The fraction of sp³-hybridized carbons (Fsp3) is 0.448. The molecule has 41 heavy (non-hydrogen) atoms. The molecular weight excluding hydrogens is 575 g/mol. The van der Waals surface area contributed by atoms with Crippen LogP contribution in [0.3, 0.4) is 0 Å². The summed E-state index contributed by atoms with van der Waals surface area (Å²) in [5.41, 5.74) is 2.05. The Bertz CT molecular complexity index is 1350. The average Bonchev–Trinajstić information content (AvgIpc) is 3.65. The van der Waals surface area contributed by atoms with Crippen LogP contribution in [0, 0.1) is 0 Å². The minimum Gasteiger partial charge on any atom is -0.493 e. The quantitative estimate of drug-likeness (QED) is 0.341. The van der Waals surface area contributed by atoms with Gasteiger partial charge in [0.15, 0.2) is 11.5 Å². The van der Waals surface area contributed by atoms with Crippen molar-refractivity contribution in [3.8, 4) is 11.5 Å². The molecule has 1 saturated heterocycles. The molecule has 2 aliphatic heterocycles. The second kappa shape index (κ2) is 12.6. The van der Waals surface area contributed by atoms with Gasteiger partial charge in [-0.2, -0.15) is 0 Å². The van der Waals surface area contributed by atoms with E-state index in [9.17, 15) is 24.9 Å². The van der Waals surface area contributed by atoms with E-state index in [-0.39, 0.29) is 37.8 Å². The Labute approximate surface area is 247 Å². The van der Waals surface area contributed by atoms with E-state index in [1.165, 1.54) is 12.0 Å². The third kappa shape index (κ3) is 5.77. The van der Waals surface area contributed by atoms with Gasteiger partial charge in [-0.15, -0.1) is 0 Å². The van der Waals surface area contributed by atoms with Crippen LogP contribution in [0.25, 0.3) is 0 Å². The Balaban J connectivity index is 1.60. The number of aliphatic hydroxyl groups is 3. The minimum atomic E-state index is -1.25. The molecule has 3 aliphatic rings. The molecule has 1 unspecified atom stereocenters. The maximum Gasteiger partial charge on any atom is 0.252 e. The number of methoxy groups -OCH3 is 1. The molecule has 4 N–H and O–H groups in total. The molecule has 12 heteroatoms. The molecular formula is C29H32Cl2N2O8. The topological polar surface area (TPSA) is 138 Å². The zero-order chi connectivity index (χ0) is 29.3. The predicted octanol–water partition coefficient (Wildman–Crippen LogP) is 2.32. The number of halogens is 2. The number of fused-ring (bicyclic) bond motifs is 3. The summed E-state index contributed by atoms with van der Waals surface area (Å²) in [5.74, 6) is -0.836. The number of nitrogens with one attached hydrogen (secondary N) is 1. The highest BCUT2D eigenvalue weighted by molar-refractivity contribution is 6.42. The summed E-state index contributed by atoms with van der Waals surface area (Å²) in [7, 11) is 1.46. The number of hydrogen-bond donors (Lipinski definition) is 4. The molecule has 0 radical (unpaired) electrons. The second-order valence-corrected chi connectivity index (χ2v) is 11.0. The van der Waals surface area contributed by atoms with Crippen molar-refractivity contribution < 1.29 is 39.1 Å². The van der Waals surface area contributed by atoms with Crippen LogP contribution < -0.4 is 14.8 Å². The Morgan fingerprint density at radius 1 is 1.15 bits per heavy atom. The fourth-order valence-corrected chi connectivity index (χ4v) is 6.06. The number of rotatable bonds is 9. The number of nitrogens with zero attached hydrogens (tertiary/aromatic N) is 1. The van der Waals surface area contributed by atoms with Crippen LogP contribution in [0.2, 0.25) is 10.0 Å².